The first-order chi connectivity index (χ1) is 9.90. The van der Waals surface area contributed by atoms with Crippen LogP contribution in [0.15, 0.2) is 6.20 Å². The zero-order valence-electron chi connectivity index (χ0n) is 13.1. The number of fused-ring (bicyclic) bond motifs is 1. The largest absolute Gasteiger partial charge is 0.383 e. The number of rotatable bonds is 2. The molecule has 3 heterocycles. The van der Waals surface area contributed by atoms with E-state index in [1.165, 1.54) is 11.3 Å². The highest BCUT2D eigenvalue weighted by molar-refractivity contribution is 5.91. The number of aryl methyl sites for hydroxylation is 3. The van der Waals surface area contributed by atoms with Crippen molar-refractivity contribution in [3.05, 3.63) is 34.5 Å². The third-order valence-corrected chi connectivity index (χ3v) is 4.27. The molecule has 6 nitrogen and oxygen atoms in total. The predicted octanol–water partition coefficient (Wildman–Crippen LogP) is 2.03. The molecule has 110 valence electrons. The van der Waals surface area contributed by atoms with Crippen LogP contribution in [0.25, 0.3) is 11.0 Å². The molecule has 0 fully saturated rings. The smallest absolute Gasteiger partial charge is 0.146 e. The molecule has 3 aromatic rings. The molecule has 0 aliphatic heterocycles. The summed E-state index contributed by atoms with van der Waals surface area (Å²) in [4.78, 5) is 8.88. The van der Waals surface area contributed by atoms with Crippen LogP contribution in [-0.2, 0) is 13.6 Å². The molecule has 2 N–H and O–H groups in total. The van der Waals surface area contributed by atoms with E-state index in [0.29, 0.717) is 11.6 Å². The molecule has 0 aliphatic carbocycles. The Balaban J connectivity index is 2.23. The maximum absolute atomic E-state index is 6.09. The molecule has 0 saturated carbocycles. The molecule has 0 aliphatic rings. The van der Waals surface area contributed by atoms with Crippen LogP contribution in [0.5, 0.6) is 0 Å². The normalized spacial score (nSPS) is 11.5. The van der Waals surface area contributed by atoms with Gasteiger partial charge in [0.1, 0.15) is 17.3 Å². The van der Waals surface area contributed by atoms with Gasteiger partial charge in [0.2, 0.25) is 0 Å². The lowest BCUT2D eigenvalue weighted by molar-refractivity contribution is 0.730. The molecule has 3 aromatic heterocycles. The van der Waals surface area contributed by atoms with Crippen LogP contribution < -0.4 is 5.73 Å². The third-order valence-electron chi connectivity index (χ3n) is 4.27. The molecule has 0 atom stereocenters. The van der Waals surface area contributed by atoms with E-state index in [1.54, 1.807) is 0 Å². The Kier molecular flexibility index (Phi) is 2.97. The van der Waals surface area contributed by atoms with Gasteiger partial charge in [-0.3, -0.25) is 4.68 Å². The zero-order chi connectivity index (χ0) is 15.3. The minimum atomic E-state index is 0.555. The summed E-state index contributed by atoms with van der Waals surface area (Å²) in [6, 6.07) is 0. The molecular weight excluding hydrogens is 264 g/mol. The van der Waals surface area contributed by atoms with Gasteiger partial charge in [-0.1, -0.05) is 0 Å². The number of nitrogens with two attached hydrogens (primary N) is 1. The number of anilines is 1. The maximum atomic E-state index is 6.09. The summed E-state index contributed by atoms with van der Waals surface area (Å²) in [5.41, 5.74) is 11.6. The monoisotopic (exact) mass is 284 g/mol. The molecule has 0 radical (unpaired) electrons. The molecule has 0 unspecified atom stereocenters. The summed E-state index contributed by atoms with van der Waals surface area (Å²) in [7, 11) is 1.95. The van der Waals surface area contributed by atoms with Crippen molar-refractivity contribution in [3.8, 4) is 0 Å². The standard InChI is InChI=1S/C15H20N6/c1-8-9(2)21(7-12-6-17-20(5)10(12)3)15-13(8)14(16)18-11(4)19-15/h6H,7H2,1-5H3,(H2,16,18,19). The van der Waals surface area contributed by atoms with Crippen LogP contribution >= 0.6 is 0 Å². The summed E-state index contributed by atoms with van der Waals surface area (Å²) in [5, 5.41) is 5.27. The Morgan fingerprint density at radius 1 is 1.10 bits per heavy atom. The van der Waals surface area contributed by atoms with Gasteiger partial charge in [-0.15, -0.1) is 0 Å². The molecule has 0 aromatic carbocycles. The Hall–Kier alpha value is -2.37. The van der Waals surface area contributed by atoms with E-state index >= 15 is 0 Å². The van der Waals surface area contributed by atoms with Crippen LogP contribution in [0.4, 0.5) is 5.82 Å². The van der Waals surface area contributed by atoms with Crippen molar-refractivity contribution in [2.75, 3.05) is 5.73 Å². The Bertz CT molecular complexity index is 840. The lowest BCUT2D eigenvalue weighted by atomic mass is 10.2. The SMILES string of the molecule is Cc1nc(N)c2c(C)c(C)n(Cc3cnn(C)c3C)c2n1. The fraction of sp³-hybridized carbons (Fsp3) is 0.400. The zero-order valence-corrected chi connectivity index (χ0v) is 13.1. The highest BCUT2D eigenvalue weighted by atomic mass is 15.3. The summed E-state index contributed by atoms with van der Waals surface area (Å²) < 4.78 is 4.08. The highest BCUT2D eigenvalue weighted by Gasteiger charge is 2.17. The topological polar surface area (TPSA) is 74.5 Å². The number of hydrogen-bond acceptors (Lipinski definition) is 4. The number of hydrogen-bond donors (Lipinski definition) is 1. The lowest BCUT2D eigenvalue weighted by Crippen LogP contribution is -2.05. The first-order valence-electron chi connectivity index (χ1n) is 6.97. The molecule has 0 saturated heterocycles. The van der Waals surface area contributed by atoms with E-state index in [0.717, 1.165) is 28.8 Å². The molecule has 0 bridgehead atoms. The van der Waals surface area contributed by atoms with E-state index in [-0.39, 0.29) is 0 Å². The van der Waals surface area contributed by atoms with Crippen molar-refractivity contribution in [2.24, 2.45) is 7.05 Å². The first kappa shape index (κ1) is 13.6. The fourth-order valence-electron chi connectivity index (χ4n) is 2.74. The maximum Gasteiger partial charge on any atom is 0.146 e. The van der Waals surface area contributed by atoms with Gasteiger partial charge in [-0.05, 0) is 33.3 Å². The van der Waals surface area contributed by atoms with Crippen molar-refractivity contribution in [2.45, 2.75) is 34.2 Å². The quantitative estimate of drug-likeness (QED) is 0.781. The Labute approximate surface area is 123 Å². The summed E-state index contributed by atoms with van der Waals surface area (Å²) >= 11 is 0. The summed E-state index contributed by atoms with van der Waals surface area (Å²) in [6.07, 6.45) is 1.91. The average Bonchev–Trinajstić information content (AvgIpc) is 2.85. The van der Waals surface area contributed by atoms with Crippen LogP contribution in [0.1, 0.15) is 28.3 Å². The second-order valence-corrected chi connectivity index (χ2v) is 5.53. The van der Waals surface area contributed by atoms with Crippen LogP contribution in [0, 0.1) is 27.7 Å². The van der Waals surface area contributed by atoms with Crippen LogP contribution in [-0.4, -0.2) is 24.3 Å². The van der Waals surface area contributed by atoms with Crippen molar-refractivity contribution >= 4 is 16.9 Å². The summed E-state index contributed by atoms with van der Waals surface area (Å²) in [5.74, 6) is 1.25. The number of nitrogen functional groups attached to an aromatic ring is 1. The number of aromatic nitrogens is 5. The first-order valence-corrected chi connectivity index (χ1v) is 6.97. The van der Waals surface area contributed by atoms with Crippen molar-refractivity contribution in [1.82, 2.24) is 24.3 Å². The minimum absolute atomic E-state index is 0.555. The second kappa shape index (κ2) is 4.58. The summed E-state index contributed by atoms with van der Waals surface area (Å²) in [6.45, 7) is 8.85. The van der Waals surface area contributed by atoms with E-state index in [4.69, 9.17) is 5.73 Å². The van der Waals surface area contributed by atoms with Gasteiger partial charge in [0.05, 0.1) is 18.1 Å². The Morgan fingerprint density at radius 3 is 2.43 bits per heavy atom. The molecule has 21 heavy (non-hydrogen) atoms. The van der Waals surface area contributed by atoms with Gasteiger partial charge in [0, 0.05) is 24.0 Å². The molecule has 3 rings (SSSR count). The average molecular weight is 284 g/mol. The predicted molar refractivity (Wildman–Crippen MR) is 83.2 cm³/mol. The van der Waals surface area contributed by atoms with E-state index in [2.05, 4.69) is 40.4 Å². The van der Waals surface area contributed by atoms with Crippen molar-refractivity contribution in [3.63, 3.8) is 0 Å². The second-order valence-electron chi connectivity index (χ2n) is 5.53. The highest BCUT2D eigenvalue weighted by Crippen LogP contribution is 2.28. The van der Waals surface area contributed by atoms with Crippen LogP contribution in [0.2, 0.25) is 0 Å². The minimum Gasteiger partial charge on any atom is -0.383 e. The van der Waals surface area contributed by atoms with Gasteiger partial charge >= 0.3 is 0 Å². The molecular formula is C15H20N6. The third kappa shape index (κ3) is 1.98. The van der Waals surface area contributed by atoms with Gasteiger partial charge in [-0.25, -0.2) is 9.97 Å². The van der Waals surface area contributed by atoms with E-state index in [9.17, 15) is 0 Å². The van der Waals surface area contributed by atoms with Crippen LogP contribution in [0.3, 0.4) is 0 Å². The van der Waals surface area contributed by atoms with E-state index in [1.807, 2.05) is 24.9 Å². The van der Waals surface area contributed by atoms with Gasteiger partial charge < -0.3 is 10.3 Å². The van der Waals surface area contributed by atoms with Gasteiger partial charge in [0.15, 0.2) is 0 Å². The van der Waals surface area contributed by atoms with Gasteiger partial charge in [0.25, 0.3) is 0 Å². The number of nitrogens with zero attached hydrogens (tertiary/aromatic N) is 5. The Morgan fingerprint density at radius 2 is 1.81 bits per heavy atom. The molecule has 0 spiro atoms. The fourth-order valence-corrected chi connectivity index (χ4v) is 2.74. The molecule has 6 heteroatoms. The van der Waals surface area contributed by atoms with Gasteiger partial charge in [-0.2, -0.15) is 5.10 Å². The van der Waals surface area contributed by atoms with Crippen molar-refractivity contribution in [1.29, 1.82) is 0 Å². The lowest BCUT2D eigenvalue weighted by Gasteiger charge is -2.08. The van der Waals surface area contributed by atoms with Crippen molar-refractivity contribution < 1.29 is 0 Å². The van der Waals surface area contributed by atoms with E-state index < -0.39 is 0 Å². The molecule has 0 amide bonds.